The quantitative estimate of drug-likeness (QED) is 0.474. The zero-order valence-electron chi connectivity index (χ0n) is 16.9. The molecule has 0 aliphatic carbocycles. The fourth-order valence-electron chi connectivity index (χ4n) is 3.52. The molecule has 0 saturated carbocycles. The van der Waals surface area contributed by atoms with E-state index in [1.807, 2.05) is 30.3 Å². The number of rotatable bonds is 5. The van der Waals surface area contributed by atoms with Gasteiger partial charge in [-0.25, -0.2) is 0 Å². The molecule has 0 fully saturated rings. The average Bonchev–Trinajstić information content (AvgIpc) is 2.82. The highest BCUT2D eigenvalue weighted by Crippen LogP contribution is 2.32. The molecular weight excluding hydrogens is 412 g/mol. The molecule has 3 aromatic carbocycles. The molecule has 4 aromatic rings. The zero-order valence-corrected chi connectivity index (χ0v) is 16.9. The molecule has 160 valence electrons. The van der Waals surface area contributed by atoms with Crippen LogP contribution in [0.1, 0.15) is 10.4 Å². The summed E-state index contributed by atoms with van der Waals surface area (Å²) in [6, 6.07) is 18.2. The highest BCUT2D eigenvalue weighted by atomic mass is 16.6. The van der Waals surface area contributed by atoms with Crippen molar-refractivity contribution in [3.05, 3.63) is 82.5 Å². The standard InChI is InChI=1S/C25H18O7/c26-18-11-17(31-14-20(28)16-6-7-21-23(10-16)30-9-8-29-21)12-24-25(18)19(27)13-22(32-24)15-4-2-1-3-5-15/h1-7,10-13,26H,8-9,14H2. The molecule has 32 heavy (non-hydrogen) atoms. The van der Waals surface area contributed by atoms with Gasteiger partial charge in [-0.2, -0.15) is 0 Å². The van der Waals surface area contributed by atoms with Crippen LogP contribution >= 0.6 is 0 Å². The largest absolute Gasteiger partial charge is 0.507 e. The smallest absolute Gasteiger partial charge is 0.200 e. The van der Waals surface area contributed by atoms with Crippen molar-refractivity contribution < 1.29 is 28.5 Å². The van der Waals surface area contributed by atoms with Crippen molar-refractivity contribution in [1.29, 1.82) is 0 Å². The number of carbonyl (C=O) groups is 1. The normalized spacial score (nSPS) is 12.5. The molecule has 2 heterocycles. The minimum Gasteiger partial charge on any atom is -0.507 e. The lowest BCUT2D eigenvalue weighted by Gasteiger charge is -2.18. The van der Waals surface area contributed by atoms with Crippen LogP contribution in [0.25, 0.3) is 22.3 Å². The Hall–Kier alpha value is -4.26. The van der Waals surface area contributed by atoms with Crippen LogP contribution in [0.15, 0.2) is 75.9 Å². The van der Waals surface area contributed by atoms with Crippen LogP contribution in [0.2, 0.25) is 0 Å². The van der Waals surface area contributed by atoms with Gasteiger partial charge in [0, 0.05) is 29.3 Å². The van der Waals surface area contributed by atoms with Crippen molar-refractivity contribution in [2.75, 3.05) is 19.8 Å². The van der Waals surface area contributed by atoms with Gasteiger partial charge in [0.05, 0.1) is 0 Å². The Kier molecular flexibility index (Phi) is 4.99. The van der Waals surface area contributed by atoms with E-state index in [9.17, 15) is 14.7 Å². The molecule has 1 N–H and O–H groups in total. The summed E-state index contributed by atoms with van der Waals surface area (Å²) >= 11 is 0. The van der Waals surface area contributed by atoms with Crippen molar-refractivity contribution in [3.63, 3.8) is 0 Å². The fourth-order valence-corrected chi connectivity index (χ4v) is 3.52. The number of Topliss-reactive ketones (excluding diaryl/α,β-unsaturated/α-hetero) is 1. The Balaban J connectivity index is 1.41. The molecule has 0 bridgehead atoms. The van der Waals surface area contributed by atoms with Gasteiger partial charge < -0.3 is 23.7 Å². The Morgan fingerprint density at radius 3 is 2.53 bits per heavy atom. The third-order valence-corrected chi connectivity index (χ3v) is 5.08. The molecule has 7 nitrogen and oxygen atoms in total. The first-order chi connectivity index (χ1) is 15.6. The van der Waals surface area contributed by atoms with Crippen LogP contribution in [0.5, 0.6) is 23.0 Å². The monoisotopic (exact) mass is 430 g/mol. The Labute approximate surface area is 182 Å². The van der Waals surface area contributed by atoms with E-state index >= 15 is 0 Å². The maximum Gasteiger partial charge on any atom is 0.200 e. The summed E-state index contributed by atoms with van der Waals surface area (Å²) in [5.41, 5.74) is 0.933. The number of fused-ring (bicyclic) bond motifs is 2. The lowest BCUT2D eigenvalue weighted by molar-refractivity contribution is 0.0920. The second-order valence-electron chi connectivity index (χ2n) is 7.23. The minimum atomic E-state index is -0.374. The topological polar surface area (TPSA) is 95.2 Å². The van der Waals surface area contributed by atoms with Crippen molar-refractivity contribution in [2.24, 2.45) is 0 Å². The van der Waals surface area contributed by atoms with E-state index in [1.54, 1.807) is 18.2 Å². The van der Waals surface area contributed by atoms with Crippen LogP contribution in [0, 0.1) is 0 Å². The number of ether oxygens (including phenoxy) is 3. The highest BCUT2D eigenvalue weighted by molar-refractivity contribution is 5.98. The molecule has 1 aliphatic rings. The predicted molar refractivity (Wildman–Crippen MR) is 117 cm³/mol. The summed E-state index contributed by atoms with van der Waals surface area (Å²) in [5, 5.41) is 10.4. The van der Waals surface area contributed by atoms with Crippen LogP contribution in [-0.4, -0.2) is 30.7 Å². The molecule has 0 unspecified atom stereocenters. The van der Waals surface area contributed by atoms with Gasteiger partial charge in [0.25, 0.3) is 0 Å². The third-order valence-electron chi connectivity index (χ3n) is 5.08. The number of phenols is 1. The SMILES string of the molecule is O=C(COc1cc(O)c2c(=O)cc(-c3ccccc3)oc2c1)c1ccc2c(c1)OCCO2. The van der Waals surface area contributed by atoms with E-state index < -0.39 is 0 Å². The van der Waals surface area contributed by atoms with Crippen LogP contribution < -0.4 is 19.6 Å². The van der Waals surface area contributed by atoms with Gasteiger partial charge in [0.2, 0.25) is 0 Å². The maximum atomic E-state index is 12.6. The lowest BCUT2D eigenvalue weighted by atomic mass is 10.1. The molecule has 0 saturated heterocycles. The lowest BCUT2D eigenvalue weighted by Crippen LogP contribution is -2.17. The van der Waals surface area contributed by atoms with Gasteiger partial charge in [-0.3, -0.25) is 9.59 Å². The van der Waals surface area contributed by atoms with E-state index in [0.717, 1.165) is 5.56 Å². The molecule has 0 atom stereocenters. The first-order valence-electron chi connectivity index (χ1n) is 10.0. The maximum absolute atomic E-state index is 12.6. The summed E-state index contributed by atoms with van der Waals surface area (Å²) < 4.78 is 22.4. The number of ketones is 1. The highest BCUT2D eigenvalue weighted by Gasteiger charge is 2.17. The predicted octanol–water partition coefficient (Wildman–Crippen LogP) is 4.20. The van der Waals surface area contributed by atoms with E-state index in [-0.39, 0.29) is 40.3 Å². The van der Waals surface area contributed by atoms with Crippen LogP contribution in [-0.2, 0) is 0 Å². The van der Waals surface area contributed by atoms with Gasteiger partial charge in [0.15, 0.2) is 29.3 Å². The number of benzene rings is 3. The molecular formula is C25H18O7. The summed E-state index contributed by atoms with van der Waals surface area (Å²) in [6.07, 6.45) is 0. The van der Waals surface area contributed by atoms with E-state index in [2.05, 4.69) is 0 Å². The van der Waals surface area contributed by atoms with Crippen LogP contribution in [0.4, 0.5) is 0 Å². The molecule has 5 rings (SSSR count). The zero-order chi connectivity index (χ0) is 22.1. The van der Waals surface area contributed by atoms with E-state index in [4.69, 9.17) is 18.6 Å². The average molecular weight is 430 g/mol. The first kappa shape index (κ1) is 19.7. The van der Waals surface area contributed by atoms with Crippen molar-refractivity contribution in [2.45, 2.75) is 0 Å². The number of phenolic OH excluding ortho intramolecular Hbond substituents is 1. The van der Waals surface area contributed by atoms with Gasteiger partial charge >= 0.3 is 0 Å². The van der Waals surface area contributed by atoms with Gasteiger partial charge in [-0.05, 0) is 18.2 Å². The van der Waals surface area contributed by atoms with Crippen LogP contribution in [0.3, 0.4) is 0 Å². The Morgan fingerprint density at radius 2 is 1.72 bits per heavy atom. The molecule has 0 radical (unpaired) electrons. The van der Waals surface area contributed by atoms with Gasteiger partial charge in [0.1, 0.15) is 41.4 Å². The number of hydrogen-bond acceptors (Lipinski definition) is 7. The molecule has 7 heteroatoms. The summed E-state index contributed by atoms with van der Waals surface area (Å²) in [5.74, 6) is 1.12. The Bertz CT molecular complexity index is 1370. The first-order valence-corrected chi connectivity index (χ1v) is 10.0. The van der Waals surface area contributed by atoms with Gasteiger partial charge in [-0.1, -0.05) is 30.3 Å². The number of hydrogen-bond donors (Lipinski definition) is 1. The second kappa shape index (κ2) is 8.11. The van der Waals surface area contributed by atoms with E-state index in [1.165, 1.54) is 18.2 Å². The molecule has 1 aliphatic heterocycles. The minimum absolute atomic E-state index is 0.0511. The molecule has 0 spiro atoms. The summed E-state index contributed by atoms with van der Waals surface area (Å²) in [6.45, 7) is 0.623. The number of aromatic hydroxyl groups is 1. The summed E-state index contributed by atoms with van der Waals surface area (Å²) in [7, 11) is 0. The molecule has 1 aromatic heterocycles. The second-order valence-corrected chi connectivity index (χ2v) is 7.23. The third kappa shape index (κ3) is 3.76. The fraction of sp³-hybridized carbons (Fsp3) is 0.120. The molecule has 0 amide bonds. The van der Waals surface area contributed by atoms with Crippen molar-refractivity contribution in [3.8, 4) is 34.3 Å². The van der Waals surface area contributed by atoms with Gasteiger partial charge in [-0.15, -0.1) is 0 Å². The van der Waals surface area contributed by atoms with Crippen molar-refractivity contribution in [1.82, 2.24) is 0 Å². The van der Waals surface area contributed by atoms with Crippen molar-refractivity contribution >= 4 is 16.8 Å². The van der Waals surface area contributed by atoms with E-state index in [0.29, 0.717) is 36.0 Å². The Morgan fingerprint density at radius 1 is 0.938 bits per heavy atom. The number of carbonyl (C=O) groups excluding carboxylic acids is 1. The summed E-state index contributed by atoms with van der Waals surface area (Å²) in [4.78, 5) is 25.1.